The lowest BCUT2D eigenvalue weighted by atomic mass is 10.1. The highest BCUT2D eigenvalue weighted by atomic mass is 19.1. The van der Waals surface area contributed by atoms with Crippen LogP contribution in [0.3, 0.4) is 0 Å². The van der Waals surface area contributed by atoms with Gasteiger partial charge in [-0.1, -0.05) is 32.0 Å². The highest BCUT2D eigenvalue weighted by Crippen LogP contribution is 2.29. The molecular weight excluding hydrogens is 471 g/mol. The van der Waals surface area contributed by atoms with Gasteiger partial charge in [0.1, 0.15) is 23.0 Å². The van der Waals surface area contributed by atoms with Crippen molar-refractivity contribution in [2.24, 2.45) is 5.92 Å². The Morgan fingerprint density at radius 1 is 1.17 bits per heavy atom. The molecule has 6 N–H and O–H groups in total. The molecule has 4 aromatic rings. The van der Waals surface area contributed by atoms with Crippen molar-refractivity contribution < 1.29 is 23.8 Å². The summed E-state index contributed by atoms with van der Waals surface area (Å²) in [6.07, 6.45) is 1.10. The summed E-state index contributed by atoms with van der Waals surface area (Å²) >= 11 is 0. The predicted molar refractivity (Wildman–Crippen MR) is 131 cm³/mol. The van der Waals surface area contributed by atoms with Gasteiger partial charge in [-0.05, 0) is 29.7 Å². The van der Waals surface area contributed by atoms with Gasteiger partial charge in [0.15, 0.2) is 17.5 Å². The van der Waals surface area contributed by atoms with Crippen LogP contribution in [0.2, 0.25) is 0 Å². The molecule has 0 aliphatic carbocycles. The van der Waals surface area contributed by atoms with Crippen molar-refractivity contribution in [1.29, 1.82) is 0 Å². The molecule has 3 aromatic heterocycles. The number of carbonyl (C=O) groups is 2. The van der Waals surface area contributed by atoms with E-state index in [1.807, 2.05) is 13.8 Å². The van der Waals surface area contributed by atoms with Crippen LogP contribution in [0.25, 0.3) is 17.0 Å². The van der Waals surface area contributed by atoms with Crippen LogP contribution in [0.5, 0.6) is 0 Å². The van der Waals surface area contributed by atoms with Gasteiger partial charge >= 0.3 is 6.09 Å². The minimum Gasteiger partial charge on any atom is -0.483 e. The molecule has 4 rings (SSSR count). The fraction of sp³-hybridized carbons (Fsp3) is 0.217. The molecule has 36 heavy (non-hydrogen) atoms. The van der Waals surface area contributed by atoms with E-state index in [4.69, 9.17) is 26.1 Å². The summed E-state index contributed by atoms with van der Waals surface area (Å²) in [5.74, 6) is 0.392. The normalized spacial score (nSPS) is 10.6. The lowest BCUT2D eigenvalue weighted by Gasteiger charge is -2.12. The number of ether oxygens (including phenoxy) is 1. The minimum absolute atomic E-state index is 0.0420. The van der Waals surface area contributed by atoms with Crippen molar-refractivity contribution in [3.05, 3.63) is 59.8 Å². The van der Waals surface area contributed by atoms with Gasteiger partial charge in [0.25, 0.3) is 6.47 Å². The largest absolute Gasteiger partial charge is 0.483 e. The summed E-state index contributed by atoms with van der Waals surface area (Å²) in [6, 6.07) is 9.98. The molecule has 0 aliphatic heterocycles. The molecule has 12 nitrogen and oxygen atoms in total. The Morgan fingerprint density at radius 2 is 1.83 bits per heavy atom. The summed E-state index contributed by atoms with van der Waals surface area (Å²) in [5, 5.41) is 13.7. The molecule has 0 radical (unpaired) electrons. The molecule has 188 valence electrons. The van der Waals surface area contributed by atoms with Crippen molar-refractivity contribution in [2.75, 3.05) is 23.4 Å². The second kappa shape index (κ2) is 11.6. The van der Waals surface area contributed by atoms with Crippen LogP contribution in [-0.4, -0.2) is 48.8 Å². The number of nitrogen functional groups attached to an aromatic ring is 2. The first-order valence-corrected chi connectivity index (χ1v) is 10.8. The lowest BCUT2D eigenvalue weighted by molar-refractivity contribution is -0.122. The van der Waals surface area contributed by atoms with Gasteiger partial charge in [-0.3, -0.25) is 10.1 Å². The van der Waals surface area contributed by atoms with Gasteiger partial charge in [-0.2, -0.15) is 5.10 Å². The van der Waals surface area contributed by atoms with Crippen LogP contribution >= 0.6 is 0 Å². The quantitative estimate of drug-likeness (QED) is 0.289. The molecule has 3 heterocycles. The number of carboxylic acid groups (broad SMARTS) is 1. The fourth-order valence-electron chi connectivity index (χ4n) is 3.19. The fourth-order valence-corrected chi connectivity index (χ4v) is 3.19. The number of rotatable bonds is 6. The van der Waals surface area contributed by atoms with Crippen LogP contribution in [0, 0.1) is 11.7 Å². The first-order valence-electron chi connectivity index (χ1n) is 10.8. The third kappa shape index (κ3) is 6.00. The van der Waals surface area contributed by atoms with Crippen molar-refractivity contribution >= 4 is 35.4 Å². The predicted octanol–water partition coefficient (Wildman–Crippen LogP) is 2.99. The SMILES string of the molecule is CC(C)COC(=O)Nc1c(N)nc(-c2nc(Cc3ccccc3F)n3ncccc23)nc1N.O=CO. The average molecular weight is 497 g/mol. The van der Waals surface area contributed by atoms with E-state index in [1.165, 1.54) is 6.07 Å². The molecule has 0 unspecified atom stereocenters. The third-order valence-corrected chi connectivity index (χ3v) is 4.74. The van der Waals surface area contributed by atoms with Crippen molar-refractivity contribution in [3.8, 4) is 11.5 Å². The number of benzene rings is 1. The smallest absolute Gasteiger partial charge is 0.411 e. The maximum absolute atomic E-state index is 14.2. The van der Waals surface area contributed by atoms with Crippen LogP contribution in [0.15, 0.2) is 42.6 Å². The zero-order chi connectivity index (χ0) is 26.2. The number of carbonyl (C=O) groups excluding carboxylic acids is 1. The number of hydrogen-bond acceptors (Lipinski definition) is 9. The van der Waals surface area contributed by atoms with E-state index >= 15 is 0 Å². The molecule has 1 aromatic carbocycles. The number of fused-ring (bicyclic) bond motifs is 1. The van der Waals surface area contributed by atoms with E-state index < -0.39 is 6.09 Å². The zero-order valence-electron chi connectivity index (χ0n) is 19.6. The minimum atomic E-state index is -0.706. The summed E-state index contributed by atoms with van der Waals surface area (Å²) < 4.78 is 20.9. The van der Waals surface area contributed by atoms with E-state index in [1.54, 1.807) is 41.0 Å². The second-order valence-electron chi connectivity index (χ2n) is 7.88. The second-order valence-corrected chi connectivity index (χ2v) is 7.88. The van der Waals surface area contributed by atoms with Crippen LogP contribution in [0.4, 0.5) is 26.5 Å². The standard InChI is InChI=1S/C22H23FN8O2.CH2O2/c1-12(2)11-33-22(32)28-18-19(24)29-21(30-20(18)25)17-15-8-5-9-26-31(15)16(27-17)10-13-6-3-4-7-14(13)23;2-1-3/h3-9,12H,10-11H2,1-2H3,(H,28,32)(H4,24,25,29,30);1H,(H,2,3). The summed E-state index contributed by atoms with van der Waals surface area (Å²) in [6.45, 7) is 3.82. The Labute approximate surface area is 205 Å². The van der Waals surface area contributed by atoms with Crippen LogP contribution in [0.1, 0.15) is 25.2 Å². The molecule has 13 heteroatoms. The number of halogens is 1. The van der Waals surface area contributed by atoms with Gasteiger partial charge in [-0.15, -0.1) is 0 Å². The monoisotopic (exact) mass is 496 g/mol. The van der Waals surface area contributed by atoms with E-state index in [0.29, 0.717) is 22.6 Å². The zero-order valence-corrected chi connectivity index (χ0v) is 19.6. The van der Waals surface area contributed by atoms with E-state index in [0.717, 1.165) is 0 Å². The Bertz CT molecular complexity index is 1350. The molecule has 0 atom stereocenters. The molecule has 1 amide bonds. The Hall–Kier alpha value is -4.81. The van der Waals surface area contributed by atoms with E-state index in [2.05, 4.69) is 25.4 Å². The molecule has 0 aliphatic rings. The number of aromatic nitrogens is 5. The molecule has 0 saturated heterocycles. The number of nitrogens with one attached hydrogen (secondary N) is 1. The lowest BCUT2D eigenvalue weighted by Crippen LogP contribution is -2.19. The van der Waals surface area contributed by atoms with Gasteiger partial charge < -0.3 is 21.3 Å². The van der Waals surface area contributed by atoms with Gasteiger partial charge in [0.05, 0.1) is 12.1 Å². The number of anilines is 3. The highest BCUT2D eigenvalue weighted by molar-refractivity contribution is 5.93. The number of nitrogens with two attached hydrogens (primary N) is 2. The molecule has 0 bridgehead atoms. The summed E-state index contributed by atoms with van der Waals surface area (Å²) in [4.78, 5) is 33.5. The summed E-state index contributed by atoms with van der Waals surface area (Å²) in [7, 11) is 0. The number of hydrogen-bond donors (Lipinski definition) is 4. The number of amides is 1. The number of nitrogens with zero attached hydrogens (tertiary/aromatic N) is 5. The highest BCUT2D eigenvalue weighted by Gasteiger charge is 2.20. The van der Waals surface area contributed by atoms with Gasteiger partial charge in [0, 0.05) is 12.6 Å². The first-order chi connectivity index (χ1) is 17.2. The maximum atomic E-state index is 14.2. The van der Waals surface area contributed by atoms with Crippen molar-refractivity contribution in [1.82, 2.24) is 24.6 Å². The number of imidazole rings is 1. The molecule has 0 saturated carbocycles. The molecular formula is C23H25FN8O4. The van der Waals surface area contributed by atoms with Crippen molar-refractivity contribution in [2.45, 2.75) is 20.3 Å². The first kappa shape index (κ1) is 25.8. The molecule has 0 spiro atoms. The van der Waals surface area contributed by atoms with Crippen LogP contribution in [-0.2, 0) is 16.0 Å². The Kier molecular flexibility index (Phi) is 8.28. The average Bonchev–Trinajstić information content (AvgIpc) is 3.20. The third-order valence-electron chi connectivity index (χ3n) is 4.74. The Balaban J connectivity index is 0.00000115. The topological polar surface area (TPSA) is 184 Å². The maximum Gasteiger partial charge on any atom is 0.411 e. The van der Waals surface area contributed by atoms with Crippen molar-refractivity contribution in [3.63, 3.8) is 0 Å². The Morgan fingerprint density at radius 3 is 2.47 bits per heavy atom. The van der Waals surface area contributed by atoms with Crippen LogP contribution < -0.4 is 16.8 Å². The van der Waals surface area contributed by atoms with Gasteiger partial charge in [0.2, 0.25) is 0 Å². The molecule has 0 fully saturated rings. The van der Waals surface area contributed by atoms with E-state index in [9.17, 15) is 9.18 Å². The van der Waals surface area contributed by atoms with E-state index in [-0.39, 0.29) is 54.4 Å². The summed E-state index contributed by atoms with van der Waals surface area (Å²) in [5.41, 5.74) is 13.6. The van der Waals surface area contributed by atoms with Gasteiger partial charge in [-0.25, -0.2) is 28.7 Å².